The summed E-state index contributed by atoms with van der Waals surface area (Å²) in [4.78, 5) is 24.3. The van der Waals surface area contributed by atoms with Gasteiger partial charge in [0.05, 0.1) is 12.7 Å². The van der Waals surface area contributed by atoms with E-state index in [0.717, 1.165) is 5.56 Å². The number of rotatable bonds is 5. The highest BCUT2D eigenvalue weighted by Crippen LogP contribution is 2.25. The van der Waals surface area contributed by atoms with Crippen LogP contribution in [0.5, 0.6) is 5.75 Å². The van der Waals surface area contributed by atoms with E-state index in [4.69, 9.17) is 4.74 Å². The molecule has 0 heterocycles. The Bertz CT molecular complexity index is 762. The first-order chi connectivity index (χ1) is 11.4. The number of benzene rings is 2. The van der Waals surface area contributed by atoms with Gasteiger partial charge in [-0.3, -0.25) is 9.59 Å². The van der Waals surface area contributed by atoms with E-state index in [1.807, 2.05) is 6.92 Å². The number of methoxy groups -OCH3 is 1. The topological polar surface area (TPSA) is 67.4 Å². The van der Waals surface area contributed by atoms with Gasteiger partial charge in [0.15, 0.2) is 0 Å². The molecule has 0 aliphatic heterocycles. The van der Waals surface area contributed by atoms with E-state index in [9.17, 15) is 14.0 Å². The molecule has 2 rings (SSSR count). The van der Waals surface area contributed by atoms with E-state index in [2.05, 4.69) is 10.6 Å². The minimum Gasteiger partial charge on any atom is -0.496 e. The molecule has 0 saturated carbocycles. The van der Waals surface area contributed by atoms with Crippen LogP contribution in [0.4, 0.5) is 10.1 Å². The Morgan fingerprint density at radius 2 is 1.83 bits per heavy atom. The molecule has 0 aliphatic carbocycles. The van der Waals surface area contributed by atoms with E-state index >= 15 is 0 Å². The maximum Gasteiger partial charge on any atom is 0.254 e. The van der Waals surface area contributed by atoms with Crippen molar-refractivity contribution in [2.24, 2.45) is 0 Å². The lowest BCUT2D eigenvalue weighted by molar-refractivity contribution is -0.117. The minimum atomic E-state index is -0.831. The number of anilines is 1. The van der Waals surface area contributed by atoms with E-state index in [1.165, 1.54) is 25.1 Å². The summed E-state index contributed by atoms with van der Waals surface area (Å²) in [5.41, 5.74) is 1.27. The molecule has 1 atom stereocenters. The Kier molecular flexibility index (Phi) is 5.52. The number of hydrogen-bond donors (Lipinski definition) is 2. The quantitative estimate of drug-likeness (QED) is 0.886. The third kappa shape index (κ3) is 3.90. The van der Waals surface area contributed by atoms with Crippen LogP contribution in [-0.4, -0.2) is 25.0 Å². The van der Waals surface area contributed by atoms with Gasteiger partial charge in [-0.1, -0.05) is 18.2 Å². The van der Waals surface area contributed by atoms with Crippen molar-refractivity contribution in [3.8, 4) is 5.75 Å². The summed E-state index contributed by atoms with van der Waals surface area (Å²) in [6.45, 7) is 3.35. The zero-order chi connectivity index (χ0) is 17.7. The maximum absolute atomic E-state index is 13.6. The maximum atomic E-state index is 13.6. The molecule has 0 aromatic heterocycles. The van der Waals surface area contributed by atoms with Gasteiger partial charge in [0.25, 0.3) is 5.91 Å². The van der Waals surface area contributed by atoms with Crippen LogP contribution in [0.2, 0.25) is 0 Å². The van der Waals surface area contributed by atoms with E-state index in [-0.39, 0.29) is 5.56 Å². The highest BCUT2D eigenvalue weighted by atomic mass is 19.1. The first-order valence-electron chi connectivity index (χ1n) is 7.44. The fourth-order valence-electron chi connectivity index (χ4n) is 2.20. The minimum absolute atomic E-state index is 0.102. The van der Waals surface area contributed by atoms with Crippen molar-refractivity contribution in [3.05, 3.63) is 59.4 Å². The smallest absolute Gasteiger partial charge is 0.254 e. The molecule has 2 N–H and O–H groups in total. The number of carbonyl (C=O) groups excluding carboxylic acids is 2. The van der Waals surface area contributed by atoms with Crippen molar-refractivity contribution < 1.29 is 18.7 Å². The average molecular weight is 330 g/mol. The lowest BCUT2D eigenvalue weighted by Gasteiger charge is -2.16. The van der Waals surface area contributed by atoms with Crippen LogP contribution in [-0.2, 0) is 4.79 Å². The summed E-state index contributed by atoms with van der Waals surface area (Å²) in [6, 6.07) is 10.1. The Labute approximate surface area is 139 Å². The number of nitrogens with one attached hydrogen (secondary N) is 2. The second-order valence-corrected chi connectivity index (χ2v) is 5.30. The van der Waals surface area contributed by atoms with Crippen molar-refractivity contribution in [1.82, 2.24) is 5.32 Å². The average Bonchev–Trinajstić information content (AvgIpc) is 2.56. The largest absolute Gasteiger partial charge is 0.496 e. The van der Waals surface area contributed by atoms with Gasteiger partial charge in [0.1, 0.15) is 17.6 Å². The molecule has 2 amide bonds. The summed E-state index contributed by atoms with van der Waals surface area (Å²) < 4.78 is 18.8. The Hall–Kier alpha value is -2.89. The Balaban J connectivity index is 2.05. The number of hydrogen-bond acceptors (Lipinski definition) is 3. The molecule has 0 radical (unpaired) electrons. The van der Waals surface area contributed by atoms with Gasteiger partial charge in [-0.2, -0.15) is 0 Å². The van der Waals surface area contributed by atoms with Crippen molar-refractivity contribution in [1.29, 1.82) is 0 Å². The third-order valence-electron chi connectivity index (χ3n) is 3.62. The van der Waals surface area contributed by atoms with Crippen LogP contribution < -0.4 is 15.4 Å². The summed E-state index contributed by atoms with van der Waals surface area (Å²) in [5.74, 6) is -1.03. The fraction of sp³-hybridized carbons (Fsp3) is 0.222. The van der Waals surface area contributed by atoms with Crippen LogP contribution in [0.3, 0.4) is 0 Å². The molecular weight excluding hydrogens is 311 g/mol. The first-order valence-corrected chi connectivity index (χ1v) is 7.44. The van der Waals surface area contributed by atoms with Gasteiger partial charge in [-0.25, -0.2) is 4.39 Å². The Morgan fingerprint density at radius 3 is 2.50 bits per heavy atom. The van der Waals surface area contributed by atoms with E-state index < -0.39 is 23.7 Å². The molecule has 0 aliphatic rings. The van der Waals surface area contributed by atoms with Gasteiger partial charge in [-0.15, -0.1) is 0 Å². The Morgan fingerprint density at radius 1 is 1.12 bits per heavy atom. The fourth-order valence-corrected chi connectivity index (χ4v) is 2.20. The predicted molar refractivity (Wildman–Crippen MR) is 89.7 cm³/mol. The van der Waals surface area contributed by atoms with E-state index in [1.54, 1.807) is 31.4 Å². The summed E-state index contributed by atoms with van der Waals surface area (Å²) in [5, 5.41) is 5.21. The van der Waals surface area contributed by atoms with Crippen molar-refractivity contribution >= 4 is 17.5 Å². The predicted octanol–water partition coefficient (Wildman–Crippen LogP) is 2.90. The molecule has 0 bridgehead atoms. The molecular formula is C18H19FN2O3. The third-order valence-corrected chi connectivity index (χ3v) is 3.62. The molecule has 5 nitrogen and oxygen atoms in total. The van der Waals surface area contributed by atoms with Gasteiger partial charge in [0, 0.05) is 11.3 Å². The number of amides is 2. The molecule has 0 fully saturated rings. The van der Waals surface area contributed by atoms with Gasteiger partial charge < -0.3 is 15.4 Å². The standard InChI is InChI=1S/C18H19FN2O3/c1-11-15(9-6-10-16(11)24-3)21-17(22)12(2)20-18(23)13-7-4-5-8-14(13)19/h4-10,12H,1-3H3,(H,20,23)(H,21,22). The summed E-state index contributed by atoms with van der Waals surface area (Å²) in [6.07, 6.45) is 0. The van der Waals surface area contributed by atoms with Crippen LogP contribution in [0.15, 0.2) is 42.5 Å². The highest BCUT2D eigenvalue weighted by molar-refractivity contribution is 6.01. The van der Waals surface area contributed by atoms with Crippen molar-refractivity contribution in [2.45, 2.75) is 19.9 Å². The summed E-state index contributed by atoms with van der Waals surface area (Å²) >= 11 is 0. The first kappa shape index (κ1) is 17.5. The molecule has 24 heavy (non-hydrogen) atoms. The zero-order valence-corrected chi connectivity index (χ0v) is 13.7. The van der Waals surface area contributed by atoms with Crippen molar-refractivity contribution in [2.75, 3.05) is 12.4 Å². The molecule has 1 unspecified atom stereocenters. The zero-order valence-electron chi connectivity index (χ0n) is 13.7. The highest BCUT2D eigenvalue weighted by Gasteiger charge is 2.19. The normalized spacial score (nSPS) is 11.5. The number of carbonyl (C=O) groups is 2. The van der Waals surface area contributed by atoms with Crippen LogP contribution in [0.25, 0.3) is 0 Å². The molecule has 126 valence electrons. The number of halogens is 1. The molecule has 2 aromatic carbocycles. The number of ether oxygens (including phenoxy) is 1. The second-order valence-electron chi connectivity index (χ2n) is 5.30. The van der Waals surface area contributed by atoms with Crippen LogP contribution in [0, 0.1) is 12.7 Å². The lowest BCUT2D eigenvalue weighted by atomic mass is 10.1. The summed E-state index contributed by atoms with van der Waals surface area (Å²) in [7, 11) is 1.55. The second kappa shape index (κ2) is 7.59. The van der Waals surface area contributed by atoms with Gasteiger partial charge >= 0.3 is 0 Å². The SMILES string of the molecule is COc1cccc(NC(=O)C(C)NC(=O)c2ccccc2F)c1C. The van der Waals surface area contributed by atoms with Crippen LogP contribution >= 0.6 is 0 Å². The molecule has 0 spiro atoms. The van der Waals surface area contributed by atoms with E-state index in [0.29, 0.717) is 11.4 Å². The molecule has 2 aromatic rings. The van der Waals surface area contributed by atoms with Crippen molar-refractivity contribution in [3.63, 3.8) is 0 Å². The van der Waals surface area contributed by atoms with Gasteiger partial charge in [-0.05, 0) is 38.1 Å². The molecule has 0 saturated heterocycles. The van der Waals surface area contributed by atoms with Crippen LogP contribution in [0.1, 0.15) is 22.8 Å². The molecule has 6 heteroatoms. The lowest BCUT2D eigenvalue weighted by Crippen LogP contribution is -2.42. The van der Waals surface area contributed by atoms with Gasteiger partial charge in [0.2, 0.25) is 5.91 Å². The monoisotopic (exact) mass is 330 g/mol.